The molecule has 1 fully saturated rings. The highest BCUT2D eigenvalue weighted by Crippen LogP contribution is 2.51. The number of amides is 2. The van der Waals surface area contributed by atoms with Gasteiger partial charge in [0.15, 0.2) is 0 Å². The fourth-order valence-electron chi connectivity index (χ4n) is 2.44. The summed E-state index contributed by atoms with van der Waals surface area (Å²) in [6.45, 7) is 6.14. The highest BCUT2D eigenvalue weighted by molar-refractivity contribution is 9.10. The van der Waals surface area contributed by atoms with Crippen molar-refractivity contribution in [3.05, 3.63) is 47.0 Å². The number of carbonyl (C=O) groups is 1. The van der Waals surface area contributed by atoms with E-state index in [-0.39, 0.29) is 17.5 Å². The second-order valence-corrected chi connectivity index (χ2v) is 5.94. The highest BCUT2D eigenvalue weighted by atomic mass is 79.9. The van der Waals surface area contributed by atoms with Gasteiger partial charge in [-0.3, -0.25) is 0 Å². The van der Waals surface area contributed by atoms with Crippen LogP contribution in [0.5, 0.6) is 0 Å². The van der Waals surface area contributed by atoms with Gasteiger partial charge in [-0.1, -0.05) is 34.1 Å². The lowest BCUT2D eigenvalue weighted by molar-refractivity contribution is 0.236. The first-order valence-electron chi connectivity index (χ1n) is 6.50. The van der Waals surface area contributed by atoms with Gasteiger partial charge >= 0.3 is 6.03 Å². The fraction of sp³-hybridized carbons (Fsp3) is 0.400. The number of hydrogen-bond donors (Lipinski definition) is 2. The molecule has 4 heteroatoms. The Labute approximate surface area is 122 Å². The van der Waals surface area contributed by atoms with E-state index in [1.165, 1.54) is 5.56 Å². The lowest BCUT2D eigenvalue weighted by Gasteiger charge is -2.25. The third-order valence-electron chi connectivity index (χ3n) is 3.79. The van der Waals surface area contributed by atoms with Crippen LogP contribution in [0.15, 0.2) is 41.4 Å². The molecule has 0 bridgehead atoms. The van der Waals surface area contributed by atoms with Crippen molar-refractivity contribution in [2.45, 2.75) is 31.2 Å². The van der Waals surface area contributed by atoms with Crippen LogP contribution in [0, 0.1) is 0 Å². The minimum absolute atomic E-state index is 0.103. The summed E-state index contributed by atoms with van der Waals surface area (Å²) in [4.78, 5) is 11.7. The highest BCUT2D eigenvalue weighted by Gasteiger charge is 2.49. The van der Waals surface area contributed by atoms with E-state index in [9.17, 15) is 4.79 Å². The SMILES string of the molecule is C=CCNC(=O)NC(C)C1(c2ccc(Br)cc2)CC1. The molecule has 2 amide bonds. The fourth-order valence-corrected chi connectivity index (χ4v) is 2.70. The van der Waals surface area contributed by atoms with Crippen LogP contribution in [-0.4, -0.2) is 18.6 Å². The summed E-state index contributed by atoms with van der Waals surface area (Å²) in [6, 6.07) is 8.38. The minimum atomic E-state index is -0.129. The number of urea groups is 1. The Morgan fingerprint density at radius 1 is 1.47 bits per heavy atom. The van der Waals surface area contributed by atoms with Crippen LogP contribution in [0.4, 0.5) is 4.79 Å². The number of nitrogens with one attached hydrogen (secondary N) is 2. The number of carbonyl (C=O) groups excluding carboxylic acids is 1. The van der Waals surface area contributed by atoms with Gasteiger partial charge in [-0.25, -0.2) is 4.79 Å². The summed E-state index contributed by atoms with van der Waals surface area (Å²) >= 11 is 3.45. The van der Waals surface area contributed by atoms with Crippen molar-refractivity contribution in [1.29, 1.82) is 0 Å². The lowest BCUT2D eigenvalue weighted by Crippen LogP contribution is -2.46. The monoisotopic (exact) mass is 322 g/mol. The molecule has 0 spiro atoms. The Balaban J connectivity index is 2.01. The quantitative estimate of drug-likeness (QED) is 0.802. The second-order valence-electron chi connectivity index (χ2n) is 5.03. The van der Waals surface area contributed by atoms with Gasteiger partial charge < -0.3 is 10.6 Å². The summed E-state index contributed by atoms with van der Waals surface area (Å²) in [5, 5.41) is 5.77. The molecule has 1 aliphatic rings. The molecule has 2 rings (SSSR count). The Morgan fingerprint density at radius 2 is 2.11 bits per heavy atom. The second kappa shape index (κ2) is 5.78. The van der Waals surface area contributed by atoms with Crippen molar-refractivity contribution in [3.8, 4) is 0 Å². The molecule has 0 radical (unpaired) electrons. The molecule has 0 heterocycles. The molecule has 3 nitrogen and oxygen atoms in total. The molecule has 1 aliphatic carbocycles. The predicted molar refractivity (Wildman–Crippen MR) is 81.2 cm³/mol. The van der Waals surface area contributed by atoms with Gasteiger partial charge in [-0.2, -0.15) is 0 Å². The maximum absolute atomic E-state index is 11.7. The zero-order valence-electron chi connectivity index (χ0n) is 11.1. The number of benzene rings is 1. The summed E-state index contributed by atoms with van der Waals surface area (Å²) in [5.41, 5.74) is 1.40. The van der Waals surface area contributed by atoms with E-state index >= 15 is 0 Å². The third kappa shape index (κ3) is 3.18. The van der Waals surface area contributed by atoms with E-state index in [0.29, 0.717) is 6.54 Å². The van der Waals surface area contributed by atoms with Crippen LogP contribution < -0.4 is 10.6 Å². The molecule has 1 saturated carbocycles. The maximum atomic E-state index is 11.7. The summed E-state index contributed by atoms with van der Waals surface area (Å²) < 4.78 is 1.08. The minimum Gasteiger partial charge on any atom is -0.335 e. The molecule has 1 unspecified atom stereocenters. The van der Waals surface area contributed by atoms with E-state index in [0.717, 1.165) is 17.3 Å². The Bertz CT molecular complexity index is 466. The first kappa shape index (κ1) is 14.1. The average molecular weight is 323 g/mol. The van der Waals surface area contributed by atoms with E-state index in [1.807, 2.05) is 0 Å². The van der Waals surface area contributed by atoms with Crippen molar-refractivity contribution in [2.75, 3.05) is 6.54 Å². The Kier molecular flexibility index (Phi) is 4.30. The molecule has 1 atom stereocenters. The van der Waals surface area contributed by atoms with Crippen LogP contribution in [0.3, 0.4) is 0 Å². The molecule has 102 valence electrons. The largest absolute Gasteiger partial charge is 0.335 e. The zero-order chi connectivity index (χ0) is 13.9. The van der Waals surface area contributed by atoms with E-state index in [1.54, 1.807) is 6.08 Å². The molecule has 19 heavy (non-hydrogen) atoms. The van der Waals surface area contributed by atoms with Crippen LogP contribution in [-0.2, 0) is 5.41 Å². The van der Waals surface area contributed by atoms with Gasteiger partial charge in [0.25, 0.3) is 0 Å². The van der Waals surface area contributed by atoms with Gasteiger partial charge in [0.05, 0.1) is 0 Å². The summed E-state index contributed by atoms with van der Waals surface area (Å²) in [6.07, 6.45) is 3.92. The number of halogens is 1. The van der Waals surface area contributed by atoms with Crippen molar-refractivity contribution >= 4 is 22.0 Å². The van der Waals surface area contributed by atoms with Gasteiger partial charge in [-0.05, 0) is 37.5 Å². The molecule has 0 aromatic heterocycles. The Morgan fingerprint density at radius 3 is 2.63 bits per heavy atom. The summed E-state index contributed by atoms with van der Waals surface area (Å²) in [5.74, 6) is 0. The van der Waals surface area contributed by atoms with E-state index in [4.69, 9.17) is 0 Å². The van der Waals surface area contributed by atoms with Crippen molar-refractivity contribution < 1.29 is 4.79 Å². The zero-order valence-corrected chi connectivity index (χ0v) is 12.7. The molecule has 0 aliphatic heterocycles. The Hall–Kier alpha value is -1.29. The maximum Gasteiger partial charge on any atom is 0.315 e. The van der Waals surface area contributed by atoms with Crippen LogP contribution in [0.25, 0.3) is 0 Å². The molecular weight excluding hydrogens is 304 g/mol. The molecule has 1 aromatic carbocycles. The summed E-state index contributed by atoms with van der Waals surface area (Å²) in [7, 11) is 0. The first-order chi connectivity index (χ1) is 9.08. The number of rotatable bonds is 5. The molecular formula is C15H19BrN2O. The normalized spacial score (nSPS) is 17.4. The standard InChI is InChI=1S/C15H19BrN2O/c1-3-10-17-14(19)18-11(2)15(8-9-15)12-4-6-13(16)7-5-12/h3-7,11H,1,8-10H2,2H3,(H2,17,18,19). The van der Waals surface area contributed by atoms with E-state index in [2.05, 4.69) is 64.3 Å². The van der Waals surface area contributed by atoms with Crippen LogP contribution >= 0.6 is 15.9 Å². The lowest BCUT2D eigenvalue weighted by atomic mass is 9.89. The van der Waals surface area contributed by atoms with Gasteiger partial charge in [0.1, 0.15) is 0 Å². The van der Waals surface area contributed by atoms with Crippen LogP contribution in [0.2, 0.25) is 0 Å². The van der Waals surface area contributed by atoms with Gasteiger partial charge in [-0.15, -0.1) is 6.58 Å². The average Bonchev–Trinajstić information content (AvgIpc) is 3.18. The smallest absolute Gasteiger partial charge is 0.315 e. The van der Waals surface area contributed by atoms with Crippen molar-refractivity contribution in [2.24, 2.45) is 0 Å². The topological polar surface area (TPSA) is 41.1 Å². The first-order valence-corrected chi connectivity index (χ1v) is 7.29. The number of hydrogen-bond acceptors (Lipinski definition) is 1. The molecule has 2 N–H and O–H groups in total. The van der Waals surface area contributed by atoms with Gasteiger partial charge in [0, 0.05) is 22.5 Å². The third-order valence-corrected chi connectivity index (χ3v) is 4.32. The predicted octanol–water partition coefficient (Wildman–Crippen LogP) is 3.35. The molecule has 0 saturated heterocycles. The van der Waals surface area contributed by atoms with Crippen molar-refractivity contribution in [1.82, 2.24) is 10.6 Å². The van der Waals surface area contributed by atoms with Crippen LogP contribution in [0.1, 0.15) is 25.3 Å². The molecule has 1 aromatic rings. The van der Waals surface area contributed by atoms with Gasteiger partial charge in [0.2, 0.25) is 0 Å². The van der Waals surface area contributed by atoms with E-state index < -0.39 is 0 Å². The van der Waals surface area contributed by atoms with Crippen molar-refractivity contribution in [3.63, 3.8) is 0 Å².